The molecule has 0 radical (unpaired) electrons. The van der Waals surface area contributed by atoms with E-state index in [9.17, 15) is 9.59 Å². The van der Waals surface area contributed by atoms with Crippen LogP contribution in [0.1, 0.15) is 26.3 Å². The molecule has 1 N–H and O–H groups in total. The number of halogens is 2. The topological polar surface area (TPSA) is 86.2 Å². The molecule has 3 aromatic carbocycles. The molecule has 0 bridgehead atoms. The lowest BCUT2D eigenvalue weighted by Crippen LogP contribution is -2.17. The number of amides is 1. The van der Waals surface area contributed by atoms with Gasteiger partial charge in [0.05, 0.1) is 30.5 Å². The lowest BCUT2D eigenvalue weighted by molar-refractivity contribution is 0.0728. The van der Waals surface area contributed by atoms with Crippen molar-refractivity contribution in [3.8, 4) is 17.2 Å². The zero-order chi connectivity index (χ0) is 23.1. The Morgan fingerprint density at radius 2 is 1.62 bits per heavy atom. The summed E-state index contributed by atoms with van der Waals surface area (Å²) < 4.78 is 16.4. The highest BCUT2D eigenvalue weighted by atomic mass is 79.9. The summed E-state index contributed by atoms with van der Waals surface area (Å²) in [6.07, 6.45) is 1.44. The lowest BCUT2D eigenvalue weighted by atomic mass is 10.2. The van der Waals surface area contributed by atoms with Gasteiger partial charge in [-0.25, -0.2) is 10.2 Å². The number of benzene rings is 3. The van der Waals surface area contributed by atoms with Crippen LogP contribution in [0.3, 0.4) is 0 Å². The van der Waals surface area contributed by atoms with E-state index in [0.29, 0.717) is 37.7 Å². The van der Waals surface area contributed by atoms with Crippen LogP contribution >= 0.6 is 27.5 Å². The minimum Gasteiger partial charge on any atom is -0.497 e. The first-order chi connectivity index (χ1) is 15.4. The molecule has 0 aromatic heterocycles. The van der Waals surface area contributed by atoms with E-state index in [2.05, 4.69) is 26.5 Å². The molecule has 0 aliphatic rings. The van der Waals surface area contributed by atoms with Gasteiger partial charge >= 0.3 is 5.97 Å². The quantitative estimate of drug-likeness (QED) is 0.204. The number of hydrogen-bond donors (Lipinski definition) is 1. The second kappa shape index (κ2) is 10.8. The van der Waals surface area contributed by atoms with Gasteiger partial charge in [0.2, 0.25) is 0 Å². The molecule has 0 fully saturated rings. The molecule has 0 aliphatic heterocycles. The number of nitrogens with zero attached hydrogens (tertiary/aromatic N) is 1. The van der Waals surface area contributed by atoms with Gasteiger partial charge in [-0.3, -0.25) is 4.79 Å². The maximum absolute atomic E-state index is 12.5. The molecule has 0 heterocycles. The Morgan fingerprint density at radius 3 is 2.25 bits per heavy atom. The number of ether oxygens (including phenoxy) is 3. The lowest BCUT2D eigenvalue weighted by Gasteiger charge is -2.12. The van der Waals surface area contributed by atoms with Crippen molar-refractivity contribution in [3.05, 3.63) is 86.8 Å². The van der Waals surface area contributed by atoms with E-state index < -0.39 is 5.97 Å². The van der Waals surface area contributed by atoms with Crippen molar-refractivity contribution in [2.75, 3.05) is 14.2 Å². The van der Waals surface area contributed by atoms with Gasteiger partial charge in [0.25, 0.3) is 5.91 Å². The molecule has 0 saturated carbocycles. The van der Waals surface area contributed by atoms with Crippen molar-refractivity contribution in [3.63, 3.8) is 0 Å². The van der Waals surface area contributed by atoms with Crippen molar-refractivity contribution in [2.24, 2.45) is 5.10 Å². The van der Waals surface area contributed by atoms with Crippen LogP contribution in [0.25, 0.3) is 0 Å². The van der Waals surface area contributed by atoms with Crippen molar-refractivity contribution in [1.29, 1.82) is 0 Å². The van der Waals surface area contributed by atoms with Crippen LogP contribution in [0, 0.1) is 0 Å². The summed E-state index contributed by atoms with van der Waals surface area (Å²) in [5, 5.41) is 4.49. The number of methoxy groups -OCH3 is 2. The first-order valence-corrected chi connectivity index (χ1v) is 10.4. The van der Waals surface area contributed by atoms with Gasteiger partial charge in [-0.05, 0) is 82.2 Å². The normalized spacial score (nSPS) is 10.6. The number of carbonyl (C=O) groups excluding carboxylic acids is 2. The average Bonchev–Trinajstić information content (AvgIpc) is 2.80. The van der Waals surface area contributed by atoms with Crippen LogP contribution in [0.2, 0.25) is 5.02 Å². The fourth-order valence-corrected chi connectivity index (χ4v) is 3.29. The molecule has 32 heavy (non-hydrogen) atoms. The first kappa shape index (κ1) is 23.3. The van der Waals surface area contributed by atoms with Crippen LogP contribution in [0.15, 0.2) is 70.2 Å². The molecule has 3 aromatic rings. The smallest absolute Gasteiger partial charge is 0.343 e. The van der Waals surface area contributed by atoms with E-state index >= 15 is 0 Å². The number of nitrogens with one attached hydrogen (secondary N) is 1. The van der Waals surface area contributed by atoms with Crippen molar-refractivity contribution < 1.29 is 23.8 Å². The summed E-state index contributed by atoms with van der Waals surface area (Å²) in [5.41, 5.74) is 3.82. The average molecular weight is 518 g/mol. The second-order valence-electron chi connectivity index (χ2n) is 6.36. The Bertz CT molecular complexity index is 1150. The highest BCUT2D eigenvalue weighted by molar-refractivity contribution is 9.10. The highest BCUT2D eigenvalue weighted by Gasteiger charge is 2.17. The zero-order valence-electron chi connectivity index (χ0n) is 17.1. The van der Waals surface area contributed by atoms with Crippen LogP contribution in [0.5, 0.6) is 17.2 Å². The third-order valence-electron chi connectivity index (χ3n) is 4.26. The van der Waals surface area contributed by atoms with Crippen molar-refractivity contribution in [2.45, 2.75) is 0 Å². The van der Waals surface area contributed by atoms with E-state index in [4.69, 9.17) is 25.8 Å². The fourth-order valence-electron chi connectivity index (χ4n) is 2.62. The highest BCUT2D eigenvalue weighted by Crippen LogP contribution is 2.37. The number of hydrazone groups is 1. The molecule has 0 atom stereocenters. The number of esters is 1. The van der Waals surface area contributed by atoms with Crippen LogP contribution in [-0.4, -0.2) is 32.3 Å². The predicted octanol–water partition coefficient (Wildman–Crippen LogP) is 5.10. The van der Waals surface area contributed by atoms with Gasteiger partial charge in [0.15, 0.2) is 11.5 Å². The van der Waals surface area contributed by atoms with Gasteiger partial charge in [-0.1, -0.05) is 11.6 Å². The number of carbonyl (C=O) groups is 2. The van der Waals surface area contributed by atoms with Crippen molar-refractivity contribution in [1.82, 2.24) is 5.43 Å². The SMILES string of the molecule is COc1ccc(C(=O)Oc2c(Br)cc(/C=N\NC(=O)c3ccc(Cl)cc3)cc2OC)cc1. The standard InChI is InChI=1S/C23H18BrClN2O5/c1-30-18-9-5-16(6-10-18)23(29)32-21-19(24)11-14(12-20(21)31-2)13-26-27-22(28)15-3-7-17(25)8-4-15/h3-13H,1-2H3,(H,27,28)/b26-13-. The van der Waals surface area contributed by atoms with Gasteiger partial charge in [-0.15, -0.1) is 0 Å². The monoisotopic (exact) mass is 516 g/mol. The summed E-state index contributed by atoms with van der Waals surface area (Å²) in [6, 6.07) is 16.3. The number of hydrogen-bond acceptors (Lipinski definition) is 6. The number of rotatable bonds is 7. The molecule has 3 rings (SSSR count). The third kappa shape index (κ3) is 5.87. The summed E-state index contributed by atoms with van der Waals surface area (Å²) in [5.74, 6) is 0.228. The Hall–Kier alpha value is -3.36. The van der Waals surface area contributed by atoms with Gasteiger partial charge in [-0.2, -0.15) is 5.10 Å². The second-order valence-corrected chi connectivity index (χ2v) is 7.65. The minimum atomic E-state index is -0.553. The van der Waals surface area contributed by atoms with Crippen molar-refractivity contribution >= 4 is 45.6 Å². The van der Waals surface area contributed by atoms with Crippen LogP contribution in [-0.2, 0) is 0 Å². The largest absolute Gasteiger partial charge is 0.497 e. The molecule has 7 nitrogen and oxygen atoms in total. The molecule has 164 valence electrons. The molecule has 9 heteroatoms. The van der Waals surface area contributed by atoms with Gasteiger partial charge in [0.1, 0.15) is 5.75 Å². The first-order valence-electron chi connectivity index (χ1n) is 9.24. The fraction of sp³-hybridized carbons (Fsp3) is 0.0870. The Morgan fingerprint density at radius 1 is 0.969 bits per heavy atom. The maximum atomic E-state index is 12.5. The molecule has 0 aliphatic carbocycles. The summed E-state index contributed by atoms with van der Waals surface area (Å²) >= 11 is 9.21. The summed E-state index contributed by atoms with van der Waals surface area (Å²) in [7, 11) is 3.00. The van der Waals surface area contributed by atoms with E-state index in [0.717, 1.165) is 0 Å². The van der Waals surface area contributed by atoms with Gasteiger partial charge < -0.3 is 14.2 Å². The van der Waals surface area contributed by atoms with Crippen LogP contribution < -0.4 is 19.6 Å². The summed E-state index contributed by atoms with van der Waals surface area (Å²) in [6.45, 7) is 0. The van der Waals surface area contributed by atoms with E-state index in [-0.39, 0.29) is 11.7 Å². The third-order valence-corrected chi connectivity index (χ3v) is 5.10. The minimum absolute atomic E-state index is 0.218. The van der Waals surface area contributed by atoms with E-state index in [1.165, 1.54) is 13.3 Å². The van der Waals surface area contributed by atoms with Crippen LogP contribution in [0.4, 0.5) is 0 Å². The summed E-state index contributed by atoms with van der Waals surface area (Å²) in [4.78, 5) is 24.6. The Balaban J connectivity index is 1.72. The van der Waals surface area contributed by atoms with E-state index in [1.807, 2.05) is 0 Å². The Labute approximate surface area is 198 Å². The Kier molecular flexibility index (Phi) is 7.86. The molecular formula is C23H18BrClN2O5. The molecule has 0 unspecified atom stereocenters. The van der Waals surface area contributed by atoms with E-state index in [1.54, 1.807) is 67.8 Å². The zero-order valence-corrected chi connectivity index (χ0v) is 19.4. The molecule has 1 amide bonds. The predicted molar refractivity (Wildman–Crippen MR) is 125 cm³/mol. The maximum Gasteiger partial charge on any atom is 0.343 e. The molecular weight excluding hydrogens is 500 g/mol. The molecule has 0 spiro atoms. The van der Waals surface area contributed by atoms with Gasteiger partial charge in [0, 0.05) is 10.6 Å². The molecule has 0 saturated heterocycles.